The lowest BCUT2D eigenvalue weighted by atomic mass is 9.83. The summed E-state index contributed by atoms with van der Waals surface area (Å²) in [5.41, 5.74) is 6.86. The Morgan fingerprint density at radius 1 is 1.16 bits per heavy atom. The Kier molecular flexibility index (Phi) is 5.20. The Balaban J connectivity index is 2.85. The maximum atomic E-state index is 10.3. The van der Waals surface area contributed by atoms with Gasteiger partial charge < -0.3 is 20.3 Å². The third-order valence-electron chi connectivity index (χ3n) is 3.38. The van der Waals surface area contributed by atoms with Crippen molar-refractivity contribution >= 4 is 0 Å². The van der Waals surface area contributed by atoms with Gasteiger partial charge in [0, 0.05) is 6.04 Å². The first-order valence-electron chi connectivity index (χ1n) is 6.45. The number of benzene rings is 1. The van der Waals surface area contributed by atoms with E-state index in [4.69, 9.17) is 15.2 Å². The van der Waals surface area contributed by atoms with Crippen molar-refractivity contribution in [2.24, 2.45) is 11.1 Å². The van der Waals surface area contributed by atoms with Crippen molar-refractivity contribution in [3.63, 3.8) is 0 Å². The van der Waals surface area contributed by atoms with E-state index in [9.17, 15) is 5.11 Å². The first-order chi connectivity index (χ1) is 8.79. The molecule has 0 aliphatic heterocycles. The molecule has 0 heterocycles. The molecular formula is C15H25NO3. The zero-order chi connectivity index (χ0) is 14.6. The minimum Gasteiger partial charge on any atom is -0.493 e. The van der Waals surface area contributed by atoms with Crippen LogP contribution in [-0.2, 0) is 0 Å². The summed E-state index contributed by atoms with van der Waals surface area (Å²) in [7, 11) is 3.17. The molecule has 1 aromatic carbocycles. The highest BCUT2D eigenvalue weighted by Crippen LogP contribution is 2.32. The Hall–Kier alpha value is -1.26. The number of aliphatic hydroxyl groups is 1. The molecule has 0 spiro atoms. The summed E-state index contributed by atoms with van der Waals surface area (Å²) in [5, 5.41) is 10.3. The largest absolute Gasteiger partial charge is 0.493 e. The molecule has 0 fully saturated rings. The zero-order valence-electron chi connectivity index (χ0n) is 12.4. The van der Waals surface area contributed by atoms with Gasteiger partial charge in [0.25, 0.3) is 0 Å². The van der Waals surface area contributed by atoms with Crippen LogP contribution >= 0.6 is 0 Å². The molecular weight excluding hydrogens is 242 g/mol. The fraction of sp³-hybridized carbons (Fsp3) is 0.600. The summed E-state index contributed by atoms with van der Waals surface area (Å²) in [5.74, 6) is 1.27. The highest BCUT2D eigenvalue weighted by molar-refractivity contribution is 5.43. The summed E-state index contributed by atoms with van der Waals surface area (Å²) in [6, 6.07) is 5.34. The van der Waals surface area contributed by atoms with E-state index in [1.165, 1.54) is 0 Å². The molecule has 4 heteroatoms. The van der Waals surface area contributed by atoms with Crippen LogP contribution in [0, 0.1) is 5.41 Å². The first kappa shape index (κ1) is 15.8. The zero-order valence-corrected chi connectivity index (χ0v) is 12.4. The second-order valence-electron chi connectivity index (χ2n) is 5.84. The van der Waals surface area contributed by atoms with E-state index in [2.05, 4.69) is 20.8 Å². The number of methoxy groups -OCH3 is 2. The average Bonchev–Trinajstić information content (AvgIpc) is 2.36. The van der Waals surface area contributed by atoms with Crippen LogP contribution in [0.15, 0.2) is 18.2 Å². The van der Waals surface area contributed by atoms with Crippen LogP contribution in [0.4, 0.5) is 0 Å². The van der Waals surface area contributed by atoms with Crippen LogP contribution in [0.5, 0.6) is 11.5 Å². The van der Waals surface area contributed by atoms with Crippen LogP contribution in [0.1, 0.15) is 38.9 Å². The van der Waals surface area contributed by atoms with Crippen LogP contribution < -0.4 is 15.2 Å². The topological polar surface area (TPSA) is 64.7 Å². The summed E-state index contributed by atoms with van der Waals surface area (Å²) in [4.78, 5) is 0. The second kappa shape index (κ2) is 6.26. The van der Waals surface area contributed by atoms with Gasteiger partial charge in [0.15, 0.2) is 11.5 Å². The molecule has 0 amide bonds. The number of nitrogens with two attached hydrogens (primary N) is 1. The van der Waals surface area contributed by atoms with Gasteiger partial charge in [-0.05, 0) is 29.5 Å². The van der Waals surface area contributed by atoms with Crippen molar-refractivity contribution < 1.29 is 14.6 Å². The highest BCUT2D eigenvalue weighted by Gasteiger charge is 2.24. The quantitative estimate of drug-likeness (QED) is 0.860. The van der Waals surface area contributed by atoms with Gasteiger partial charge in [-0.1, -0.05) is 26.8 Å². The molecule has 3 N–H and O–H groups in total. The van der Waals surface area contributed by atoms with Gasteiger partial charge in [0.05, 0.1) is 20.3 Å². The molecule has 108 valence electrons. The van der Waals surface area contributed by atoms with E-state index in [1.54, 1.807) is 26.4 Å². The van der Waals surface area contributed by atoms with Crippen molar-refractivity contribution in [2.45, 2.75) is 39.3 Å². The maximum Gasteiger partial charge on any atom is 0.161 e. The Morgan fingerprint density at radius 3 is 2.21 bits per heavy atom. The molecule has 1 aromatic rings. The highest BCUT2D eigenvalue weighted by atomic mass is 16.5. The van der Waals surface area contributed by atoms with Gasteiger partial charge >= 0.3 is 0 Å². The van der Waals surface area contributed by atoms with Crippen molar-refractivity contribution in [3.05, 3.63) is 23.8 Å². The fourth-order valence-electron chi connectivity index (χ4n) is 1.79. The third kappa shape index (κ3) is 4.11. The fourth-order valence-corrected chi connectivity index (χ4v) is 1.79. The summed E-state index contributed by atoms with van der Waals surface area (Å²) >= 11 is 0. The number of rotatable bonds is 5. The summed E-state index contributed by atoms with van der Waals surface area (Å²) < 4.78 is 10.4. The van der Waals surface area contributed by atoms with Crippen LogP contribution in [0.25, 0.3) is 0 Å². The SMILES string of the molecule is COc1ccc([C@@H](O)C[C@H](N)C(C)(C)C)cc1OC. The van der Waals surface area contributed by atoms with Gasteiger partial charge in [0.1, 0.15) is 0 Å². The predicted octanol–water partition coefficient (Wildman–Crippen LogP) is 2.50. The Labute approximate surface area is 115 Å². The number of hydrogen-bond donors (Lipinski definition) is 2. The molecule has 0 saturated carbocycles. The maximum absolute atomic E-state index is 10.3. The van der Waals surface area contributed by atoms with Gasteiger partial charge in [-0.2, -0.15) is 0 Å². The molecule has 2 atom stereocenters. The van der Waals surface area contributed by atoms with Crippen LogP contribution in [-0.4, -0.2) is 25.4 Å². The third-order valence-corrected chi connectivity index (χ3v) is 3.38. The number of hydrogen-bond acceptors (Lipinski definition) is 4. The van der Waals surface area contributed by atoms with Gasteiger partial charge in [-0.3, -0.25) is 0 Å². The van der Waals surface area contributed by atoms with E-state index in [0.717, 1.165) is 5.56 Å². The van der Waals surface area contributed by atoms with Crippen molar-refractivity contribution in [1.29, 1.82) is 0 Å². The Morgan fingerprint density at radius 2 is 1.74 bits per heavy atom. The van der Waals surface area contributed by atoms with Gasteiger partial charge in [0.2, 0.25) is 0 Å². The van der Waals surface area contributed by atoms with E-state index < -0.39 is 6.10 Å². The van der Waals surface area contributed by atoms with E-state index in [1.807, 2.05) is 6.07 Å². The molecule has 0 aliphatic rings. The molecule has 0 aliphatic carbocycles. The van der Waals surface area contributed by atoms with Crippen molar-refractivity contribution in [2.75, 3.05) is 14.2 Å². The molecule has 0 saturated heterocycles. The molecule has 0 aromatic heterocycles. The first-order valence-corrected chi connectivity index (χ1v) is 6.45. The standard InChI is InChI=1S/C15H25NO3/c1-15(2,3)14(16)9-11(17)10-6-7-12(18-4)13(8-10)19-5/h6-8,11,14,17H,9,16H2,1-5H3/t11-,14-/m0/s1. The molecule has 1 rings (SSSR count). The Bertz CT molecular complexity index is 412. The summed E-state index contributed by atoms with van der Waals surface area (Å²) in [6.45, 7) is 6.21. The minimum absolute atomic E-state index is 0.0302. The molecule has 19 heavy (non-hydrogen) atoms. The molecule has 0 bridgehead atoms. The monoisotopic (exact) mass is 267 g/mol. The second-order valence-corrected chi connectivity index (χ2v) is 5.84. The minimum atomic E-state index is -0.603. The normalized spacial score (nSPS) is 14.9. The lowest BCUT2D eigenvalue weighted by molar-refractivity contribution is 0.133. The molecule has 0 unspecified atom stereocenters. The summed E-state index contributed by atoms with van der Waals surface area (Å²) in [6.07, 6.45) is -0.0899. The number of ether oxygens (including phenoxy) is 2. The average molecular weight is 267 g/mol. The van der Waals surface area contributed by atoms with Crippen LogP contribution in [0.2, 0.25) is 0 Å². The predicted molar refractivity (Wildman–Crippen MR) is 76.6 cm³/mol. The van der Waals surface area contributed by atoms with E-state index in [-0.39, 0.29) is 11.5 Å². The molecule has 4 nitrogen and oxygen atoms in total. The van der Waals surface area contributed by atoms with E-state index in [0.29, 0.717) is 17.9 Å². The smallest absolute Gasteiger partial charge is 0.161 e. The van der Waals surface area contributed by atoms with Gasteiger partial charge in [-0.25, -0.2) is 0 Å². The lowest BCUT2D eigenvalue weighted by Crippen LogP contribution is -2.36. The number of aliphatic hydroxyl groups excluding tert-OH is 1. The van der Waals surface area contributed by atoms with E-state index >= 15 is 0 Å². The van der Waals surface area contributed by atoms with Crippen molar-refractivity contribution in [3.8, 4) is 11.5 Å². The molecule has 0 radical (unpaired) electrons. The van der Waals surface area contributed by atoms with Crippen LogP contribution in [0.3, 0.4) is 0 Å². The lowest BCUT2D eigenvalue weighted by Gasteiger charge is -2.29. The van der Waals surface area contributed by atoms with Crippen molar-refractivity contribution in [1.82, 2.24) is 0 Å². The van der Waals surface area contributed by atoms with Gasteiger partial charge in [-0.15, -0.1) is 0 Å².